The van der Waals surface area contributed by atoms with Crippen molar-refractivity contribution in [3.63, 3.8) is 0 Å². The van der Waals surface area contributed by atoms with Crippen molar-refractivity contribution in [2.75, 3.05) is 10.6 Å². The van der Waals surface area contributed by atoms with E-state index in [0.717, 1.165) is 23.5 Å². The maximum Gasteiger partial charge on any atom is 0.175 e. The highest BCUT2D eigenvalue weighted by molar-refractivity contribution is 7.80. The van der Waals surface area contributed by atoms with Crippen molar-refractivity contribution in [1.82, 2.24) is 9.78 Å². The van der Waals surface area contributed by atoms with E-state index < -0.39 is 0 Å². The number of nitrogens with zero attached hydrogens (tertiary/aromatic N) is 2. The average Bonchev–Trinajstić information content (AvgIpc) is 2.79. The smallest absolute Gasteiger partial charge is 0.175 e. The Morgan fingerprint density at radius 2 is 1.95 bits per heavy atom. The molecule has 0 aliphatic rings. The summed E-state index contributed by atoms with van der Waals surface area (Å²) in [6.07, 6.45) is 2.92. The average molecular weight is 302 g/mol. The van der Waals surface area contributed by atoms with Crippen molar-refractivity contribution in [3.8, 4) is 0 Å². The topological polar surface area (TPSA) is 41.9 Å². The summed E-state index contributed by atoms with van der Waals surface area (Å²) < 4.78 is 1.81. The molecule has 21 heavy (non-hydrogen) atoms. The van der Waals surface area contributed by atoms with Crippen LogP contribution in [0.4, 0.5) is 11.4 Å². The molecule has 0 spiro atoms. The first kappa shape index (κ1) is 15.5. The molecule has 1 unspecified atom stereocenters. The first-order chi connectivity index (χ1) is 10.0. The van der Waals surface area contributed by atoms with Crippen LogP contribution in [0.3, 0.4) is 0 Å². The highest BCUT2D eigenvalue weighted by atomic mass is 32.1. The zero-order valence-electron chi connectivity index (χ0n) is 13.0. The predicted octanol–water partition coefficient (Wildman–Crippen LogP) is 4.05. The molecule has 0 fully saturated rings. The van der Waals surface area contributed by atoms with Gasteiger partial charge >= 0.3 is 0 Å². The number of hydrogen-bond donors (Lipinski definition) is 2. The van der Waals surface area contributed by atoms with Gasteiger partial charge in [0.05, 0.1) is 17.6 Å². The number of benzene rings is 1. The number of nitrogens with one attached hydrogen (secondary N) is 2. The van der Waals surface area contributed by atoms with Crippen LogP contribution in [0.25, 0.3) is 0 Å². The van der Waals surface area contributed by atoms with Gasteiger partial charge in [-0.05, 0) is 49.2 Å². The van der Waals surface area contributed by atoms with Crippen molar-refractivity contribution in [1.29, 1.82) is 0 Å². The molecule has 0 amide bonds. The molecule has 1 aromatic heterocycles. The molecule has 0 aliphatic heterocycles. The van der Waals surface area contributed by atoms with E-state index in [0.29, 0.717) is 11.0 Å². The normalized spacial score (nSPS) is 12.0. The van der Waals surface area contributed by atoms with Gasteiger partial charge in [0.15, 0.2) is 5.11 Å². The molecule has 0 radical (unpaired) electrons. The number of thiocarbonyl (C=S) groups is 1. The Morgan fingerprint density at radius 1 is 1.29 bits per heavy atom. The van der Waals surface area contributed by atoms with E-state index in [1.54, 1.807) is 6.20 Å². The fourth-order valence-corrected chi connectivity index (χ4v) is 2.26. The van der Waals surface area contributed by atoms with Gasteiger partial charge < -0.3 is 10.6 Å². The summed E-state index contributed by atoms with van der Waals surface area (Å²) in [4.78, 5) is 0. The quantitative estimate of drug-likeness (QED) is 0.836. The highest BCUT2D eigenvalue weighted by Gasteiger charge is 2.06. The minimum Gasteiger partial charge on any atom is -0.332 e. The summed E-state index contributed by atoms with van der Waals surface area (Å²) in [5.41, 5.74) is 4.31. The molecular formula is C16H22N4S. The summed E-state index contributed by atoms with van der Waals surface area (Å²) in [7, 11) is 1.91. The second-order valence-corrected chi connectivity index (χ2v) is 5.69. The Balaban J connectivity index is 1.98. The van der Waals surface area contributed by atoms with Crippen molar-refractivity contribution in [3.05, 3.63) is 41.7 Å². The molecule has 2 rings (SSSR count). The second-order valence-electron chi connectivity index (χ2n) is 5.28. The number of aryl methyl sites for hydroxylation is 1. The Bertz CT molecular complexity index is 616. The first-order valence-corrected chi connectivity index (χ1v) is 7.58. The van der Waals surface area contributed by atoms with Crippen LogP contribution in [0, 0.1) is 6.92 Å². The van der Waals surface area contributed by atoms with Gasteiger partial charge in [0.1, 0.15) is 0 Å². The van der Waals surface area contributed by atoms with Crippen molar-refractivity contribution in [2.24, 2.45) is 7.05 Å². The Kier molecular flexibility index (Phi) is 4.96. The van der Waals surface area contributed by atoms with Gasteiger partial charge in [-0.3, -0.25) is 4.68 Å². The predicted molar refractivity (Wildman–Crippen MR) is 92.9 cm³/mol. The molecule has 0 bridgehead atoms. The van der Waals surface area contributed by atoms with Crippen LogP contribution in [0.15, 0.2) is 30.5 Å². The van der Waals surface area contributed by atoms with Crippen molar-refractivity contribution < 1.29 is 0 Å². The van der Waals surface area contributed by atoms with E-state index in [1.807, 2.05) is 18.7 Å². The molecule has 1 aromatic carbocycles. The van der Waals surface area contributed by atoms with Gasteiger partial charge in [-0.2, -0.15) is 5.10 Å². The lowest BCUT2D eigenvalue weighted by molar-refractivity contribution is 0.734. The lowest BCUT2D eigenvalue weighted by atomic mass is 9.99. The van der Waals surface area contributed by atoms with Crippen LogP contribution in [-0.2, 0) is 7.05 Å². The van der Waals surface area contributed by atoms with Gasteiger partial charge in [0.2, 0.25) is 0 Å². The Hall–Kier alpha value is -1.88. The maximum absolute atomic E-state index is 5.33. The third-order valence-corrected chi connectivity index (χ3v) is 4.04. The monoisotopic (exact) mass is 302 g/mol. The summed E-state index contributed by atoms with van der Waals surface area (Å²) in [6.45, 7) is 6.44. The minimum atomic E-state index is 0.572. The number of rotatable bonds is 4. The number of anilines is 2. The van der Waals surface area contributed by atoms with Crippen LogP contribution in [0.1, 0.15) is 37.4 Å². The lowest BCUT2D eigenvalue weighted by Crippen LogP contribution is -2.19. The summed E-state index contributed by atoms with van der Waals surface area (Å²) in [5, 5.41) is 11.1. The molecule has 0 saturated heterocycles. The van der Waals surface area contributed by atoms with E-state index in [-0.39, 0.29) is 0 Å². The van der Waals surface area contributed by atoms with E-state index in [2.05, 4.69) is 53.8 Å². The summed E-state index contributed by atoms with van der Waals surface area (Å²) in [5.74, 6) is 0.585. The maximum atomic E-state index is 5.33. The van der Waals surface area contributed by atoms with Gasteiger partial charge in [0.25, 0.3) is 0 Å². The Morgan fingerprint density at radius 3 is 2.48 bits per heavy atom. The van der Waals surface area contributed by atoms with E-state index >= 15 is 0 Å². The molecule has 112 valence electrons. The molecule has 5 heteroatoms. The molecular weight excluding hydrogens is 280 g/mol. The van der Waals surface area contributed by atoms with Crippen LogP contribution >= 0.6 is 12.2 Å². The number of hydrogen-bond acceptors (Lipinski definition) is 2. The highest BCUT2D eigenvalue weighted by Crippen LogP contribution is 2.20. The zero-order valence-corrected chi connectivity index (χ0v) is 13.8. The van der Waals surface area contributed by atoms with Crippen LogP contribution < -0.4 is 10.6 Å². The van der Waals surface area contributed by atoms with Crippen LogP contribution in [-0.4, -0.2) is 14.9 Å². The third-order valence-electron chi connectivity index (χ3n) is 3.83. The summed E-state index contributed by atoms with van der Waals surface area (Å²) >= 11 is 5.33. The summed E-state index contributed by atoms with van der Waals surface area (Å²) in [6, 6.07) is 8.42. The van der Waals surface area contributed by atoms with Crippen LogP contribution in [0.2, 0.25) is 0 Å². The van der Waals surface area contributed by atoms with Gasteiger partial charge in [-0.15, -0.1) is 0 Å². The van der Waals surface area contributed by atoms with Crippen LogP contribution in [0.5, 0.6) is 0 Å². The fraction of sp³-hybridized carbons (Fsp3) is 0.375. The molecule has 2 N–H and O–H groups in total. The van der Waals surface area contributed by atoms with Crippen molar-refractivity contribution in [2.45, 2.75) is 33.1 Å². The third kappa shape index (κ3) is 3.82. The van der Waals surface area contributed by atoms with Gasteiger partial charge in [-0.25, -0.2) is 0 Å². The minimum absolute atomic E-state index is 0.572. The van der Waals surface area contributed by atoms with Gasteiger partial charge in [0, 0.05) is 12.7 Å². The zero-order chi connectivity index (χ0) is 15.4. The largest absolute Gasteiger partial charge is 0.332 e. The first-order valence-electron chi connectivity index (χ1n) is 7.17. The fourth-order valence-electron chi connectivity index (χ4n) is 2.04. The van der Waals surface area contributed by atoms with E-state index in [9.17, 15) is 0 Å². The lowest BCUT2D eigenvalue weighted by Gasteiger charge is -2.12. The number of aromatic nitrogens is 2. The Labute approximate surface area is 131 Å². The standard InChI is InChI=1S/C16H22N4S/c1-5-11(2)13-6-8-14(9-7-13)18-16(21)19-15-10-17-20(4)12(15)3/h6-11H,5H2,1-4H3,(H2,18,19,21). The molecule has 0 saturated carbocycles. The molecule has 0 aliphatic carbocycles. The second kappa shape index (κ2) is 6.72. The molecule has 1 heterocycles. The van der Waals surface area contributed by atoms with Crippen molar-refractivity contribution >= 4 is 28.7 Å². The van der Waals surface area contributed by atoms with Gasteiger partial charge in [-0.1, -0.05) is 26.0 Å². The van der Waals surface area contributed by atoms with E-state index in [4.69, 9.17) is 12.2 Å². The van der Waals surface area contributed by atoms with E-state index in [1.165, 1.54) is 5.56 Å². The molecule has 2 aromatic rings. The molecule has 1 atom stereocenters. The molecule has 4 nitrogen and oxygen atoms in total. The SMILES string of the molecule is CCC(C)c1ccc(NC(=S)Nc2cnn(C)c2C)cc1.